The Labute approximate surface area is 137 Å². The van der Waals surface area contributed by atoms with Gasteiger partial charge in [0.1, 0.15) is 0 Å². The van der Waals surface area contributed by atoms with Gasteiger partial charge in [-0.05, 0) is 25.7 Å². The van der Waals surface area contributed by atoms with Crippen LogP contribution in [0, 0.1) is 30.1 Å². The molecule has 1 aliphatic heterocycles. The summed E-state index contributed by atoms with van der Waals surface area (Å²) in [6.07, 6.45) is 2.36. The van der Waals surface area contributed by atoms with E-state index in [1.807, 2.05) is 0 Å². The Morgan fingerprint density at radius 3 is 2.91 bits per heavy atom. The molecule has 23 heavy (non-hydrogen) atoms. The fraction of sp³-hybridized carbons (Fsp3) is 0.786. The molecule has 9 heteroatoms. The smallest absolute Gasteiger partial charge is 0.281 e. The minimum absolute atomic E-state index is 0.178. The van der Waals surface area contributed by atoms with E-state index >= 15 is 0 Å². The number of hydrogen-bond donors (Lipinski definition) is 0. The van der Waals surface area contributed by atoms with Crippen LogP contribution in [0.5, 0.6) is 0 Å². The molecule has 2 atom stereocenters. The van der Waals surface area contributed by atoms with Gasteiger partial charge in [0, 0.05) is 40.0 Å². The maximum atomic E-state index is 12.6. The molecular formula is C14H23N5O3S. The van der Waals surface area contributed by atoms with Gasteiger partial charge in [0.15, 0.2) is 5.82 Å². The normalized spacial score (nSPS) is 21.3. The van der Waals surface area contributed by atoms with Crippen LogP contribution in [-0.2, 0) is 16.6 Å². The molecule has 128 valence electrons. The van der Waals surface area contributed by atoms with E-state index in [1.54, 1.807) is 13.8 Å². The molecular weight excluding hydrogens is 318 g/mol. The van der Waals surface area contributed by atoms with Crippen LogP contribution in [0.4, 0.5) is 0 Å². The maximum absolute atomic E-state index is 12.6. The lowest BCUT2D eigenvalue weighted by atomic mass is 9.96. The highest BCUT2D eigenvalue weighted by Gasteiger charge is 2.32. The monoisotopic (exact) mass is 341 g/mol. The highest BCUT2D eigenvalue weighted by molar-refractivity contribution is 7.86. The fourth-order valence-electron chi connectivity index (χ4n) is 2.80. The molecule has 0 radical (unpaired) electrons. The molecule has 1 saturated heterocycles. The molecule has 0 bridgehead atoms. The number of rotatable bonds is 6. The van der Waals surface area contributed by atoms with Crippen molar-refractivity contribution < 1.29 is 12.9 Å². The Hall–Kier alpha value is -1.50. The van der Waals surface area contributed by atoms with Gasteiger partial charge in [0.25, 0.3) is 10.2 Å². The Balaban J connectivity index is 2.00. The second-order valence-electron chi connectivity index (χ2n) is 6.12. The summed E-state index contributed by atoms with van der Waals surface area (Å²) in [5, 5.41) is 12.7. The van der Waals surface area contributed by atoms with Gasteiger partial charge in [-0.25, -0.2) is 0 Å². The van der Waals surface area contributed by atoms with Gasteiger partial charge in [-0.2, -0.15) is 27.3 Å². The molecule has 1 aliphatic rings. The number of aromatic nitrogens is 2. The van der Waals surface area contributed by atoms with Crippen LogP contribution in [0.25, 0.3) is 0 Å². The van der Waals surface area contributed by atoms with Gasteiger partial charge in [-0.1, -0.05) is 5.16 Å². The predicted octanol–water partition coefficient (Wildman–Crippen LogP) is 0.969. The average molecular weight is 341 g/mol. The Morgan fingerprint density at radius 2 is 2.30 bits per heavy atom. The van der Waals surface area contributed by atoms with Crippen molar-refractivity contribution in [3.8, 4) is 6.07 Å². The maximum Gasteiger partial charge on any atom is 0.281 e. The largest absolute Gasteiger partial charge is 0.340 e. The van der Waals surface area contributed by atoms with E-state index in [0.717, 1.165) is 12.8 Å². The quantitative estimate of drug-likeness (QED) is 0.764. The highest BCUT2D eigenvalue weighted by atomic mass is 32.2. The lowest BCUT2D eigenvalue weighted by Crippen LogP contribution is -2.47. The molecule has 0 aliphatic carbocycles. The Morgan fingerprint density at radius 1 is 1.57 bits per heavy atom. The van der Waals surface area contributed by atoms with E-state index in [2.05, 4.69) is 16.2 Å². The summed E-state index contributed by atoms with van der Waals surface area (Å²) in [5.74, 6) is 0.985. The van der Waals surface area contributed by atoms with Crippen LogP contribution in [0.15, 0.2) is 4.52 Å². The highest BCUT2D eigenvalue weighted by Crippen LogP contribution is 2.23. The lowest BCUT2D eigenvalue weighted by molar-refractivity contribution is 0.245. The molecule has 1 aromatic heterocycles. The van der Waals surface area contributed by atoms with Gasteiger partial charge in [0.2, 0.25) is 5.89 Å². The number of nitrogens with zero attached hydrogens (tertiary/aromatic N) is 5. The summed E-state index contributed by atoms with van der Waals surface area (Å²) in [7, 11) is -2.01. The average Bonchev–Trinajstić information content (AvgIpc) is 2.92. The Kier molecular flexibility index (Phi) is 5.73. The number of hydrogen-bond acceptors (Lipinski definition) is 6. The van der Waals surface area contributed by atoms with E-state index in [0.29, 0.717) is 31.2 Å². The van der Waals surface area contributed by atoms with Crippen molar-refractivity contribution >= 4 is 10.2 Å². The molecule has 0 saturated carbocycles. The molecule has 0 unspecified atom stereocenters. The molecule has 0 aromatic carbocycles. The molecule has 1 fully saturated rings. The van der Waals surface area contributed by atoms with Crippen molar-refractivity contribution in [2.24, 2.45) is 11.8 Å². The standard InChI is InChI=1S/C14H23N5O3S/c1-11(8-15)9-18(3)23(20,21)19-6-4-5-13(10-19)7-14-16-12(2)22-17-14/h11,13H,4-7,9-10H2,1-3H3/t11-,13-/m1/s1. The predicted molar refractivity (Wildman–Crippen MR) is 83.4 cm³/mol. The van der Waals surface area contributed by atoms with Gasteiger partial charge < -0.3 is 4.52 Å². The second-order valence-corrected chi connectivity index (χ2v) is 8.15. The van der Waals surface area contributed by atoms with E-state index < -0.39 is 10.2 Å². The van der Waals surface area contributed by atoms with E-state index in [4.69, 9.17) is 9.78 Å². The van der Waals surface area contributed by atoms with E-state index in [1.165, 1.54) is 15.7 Å². The van der Waals surface area contributed by atoms with Crippen molar-refractivity contribution in [1.82, 2.24) is 18.8 Å². The summed E-state index contributed by atoms with van der Waals surface area (Å²) >= 11 is 0. The zero-order valence-corrected chi connectivity index (χ0v) is 14.6. The zero-order valence-electron chi connectivity index (χ0n) is 13.8. The Bertz CT molecular complexity index is 666. The summed E-state index contributed by atoms with van der Waals surface area (Å²) in [5.41, 5.74) is 0. The van der Waals surface area contributed by atoms with Crippen LogP contribution in [0.1, 0.15) is 31.5 Å². The van der Waals surface area contributed by atoms with Crippen molar-refractivity contribution in [3.05, 3.63) is 11.7 Å². The van der Waals surface area contributed by atoms with Gasteiger partial charge in [0.05, 0.1) is 12.0 Å². The van der Waals surface area contributed by atoms with Gasteiger partial charge in [-0.15, -0.1) is 0 Å². The van der Waals surface area contributed by atoms with Crippen LogP contribution in [0.2, 0.25) is 0 Å². The summed E-state index contributed by atoms with van der Waals surface area (Å²) in [4.78, 5) is 4.19. The molecule has 0 spiro atoms. The second kappa shape index (κ2) is 7.38. The van der Waals surface area contributed by atoms with Crippen LogP contribution in [-0.4, -0.2) is 53.9 Å². The lowest BCUT2D eigenvalue weighted by Gasteiger charge is -2.34. The van der Waals surface area contributed by atoms with Crippen molar-refractivity contribution in [2.75, 3.05) is 26.7 Å². The van der Waals surface area contributed by atoms with Gasteiger partial charge >= 0.3 is 0 Å². The number of piperidine rings is 1. The van der Waals surface area contributed by atoms with E-state index in [-0.39, 0.29) is 18.4 Å². The first-order chi connectivity index (χ1) is 10.8. The molecule has 2 rings (SSSR count). The third-order valence-electron chi connectivity index (χ3n) is 3.99. The first-order valence-electron chi connectivity index (χ1n) is 7.73. The zero-order chi connectivity index (χ0) is 17.0. The van der Waals surface area contributed by atoms with E-state index in [9.17, 15) is 8.42 Å². The van der Waals surface area contributed by atoms with Crippen molar-refractivity contribution in [1.29, 1.82) is 5.26 Å². The third kappa shape index (κ3) is 4.50. The van der Waals surface area contributed by atoms with Crippen molar-refractivity contribution in [2.45, 2.75) is 33.1 Å². The van der Waals surface area contributed by atoms with Crippen LogP contribution >= 0.6 is 0 Å². The molecule has 2 heterocycles. The van der Waals surface area contributed by atoms with Crippen molar-refractivity contribution in [3.63, 3.8) is 0 Å². The van der Waals surface area contributed by atoms with Crippen LogP contribution in [0.3, 0.4) is 0 Å². The topological polar surface area (TPSA) is 103 Å². The SMILES string of the molecule is Cc1nc(C[C@H]2CCCN(S(=O)(=O)N(C)C[C@H](C)C#N)C2)no1. The molecule has 0 amide bonds. The minimum atomic E-state index is -3.54. The summed E-state index contributed by atoms with van der Waals surface area (Å²) < 4.78 is 33.0. The minimum Gasteiger partial charge on any atom is -0.340 e. The van der Waals surface area contributed by atoms with Gasteiger partial charge in [-0.3, -0.25) is 0 Å². The molecule has 0 N–H and O–H groups in total. The molecule has 8 nitrogen and oxygen atoms in total. The summed E-state index contributed by atoms with van der Waals surface area (Å²) in [6.45, 7) is 4.60. The number of aryl methyl sites for hydroxylation is 1. The first-order valence-corrected chi connectivity index (χ1v) is 9.13. The molecule has 1 aromatic rings. The number of nitriles is 1. The first kappa shape index (κ1) is 17.8. The third-order valence-corrected chi connectivity index (χ3v) is 5.92. The fourth-order valence-corrected chi connectivity index (χ4v) is 4.37. The van der Waals surface area contributed by atoms with Crippen LogP contribution < -0.4 is 0 Å². The summed E-state index contributed by atoms with van der Waals surface area (Å²) in [6, 6.07) is 2.06.